The van der Waals surface area contributed by atoms with Gasteiger partial charge in [0.15, 0.2) is 0 Å². The van der Waals surface area contributed by atoms with Gasteiger partial charge in [-0.15, -0.1) is 0 Å². The van der Waals surface area contributed by atoms with E-state index in [0.29, 0.717) is 34.1 Å². The van der Waals surface area contributed by atoms with Gasteiger partial charge in [0, 0.05) is 12.5 Å². The third-order valence-electron chi connectivity index (χ3n) is 6.05. The number of hydrogen-bond acceptors (Lipinski definition) is 4. The van der Waals surface area contributed by atoms with Gasteiger partial charge in [-0.3, -0.25) is 4.90 Å². The van der Waals surface area contributed by atoms with Crippen LogP contribution in [-0.4, -0.2) is 32.5 Å². The summed E-state index contributed by atoms with van der Waals surface area (Å²) in [6, 6.07) is 24.8. The second kappa shape index (κ2) is 7.32. The highest BCUT2D eigenvalue weighted by atomic mass is 32.2. The first kappa shape index (κ1) is 18.4. The van der Waals surface area contributed by atoms with Crippen molar-refractivity contribution in [1.29, 1.82) is 0 Å². The lowest BCUT2D eigenvalue weighted by Crippen LogP contribution is -2.39. The summed E-state index contributed by atoms with van der Waals surface area (Å²) in [5.41, 5.74) is 2.44. The third kappa shape index (κ3) is 3.34. The van der Waals surface area contributed by atoms with Gasteiger partial charge in [0.25, 0.3) is 0 Å². The average molecular weight is 406 g/mol. The highest BCUT2D eigenvalue weighted by Gasteiger charge is 2.40. The van der Waals surface area contributed by atoms with E-state index in [4.69, 9.17) is 4.74 Å². The van der Waals surface area contributed by atoms with Gasteiger partial charge in [-0.1, -0.05) is 54.6 Å². The van der Waals surface area contributed by atoms with Crippen LogP contribution in [-0.2, 0) is 16.4 Å². The SMILES string of the molecule is O=S(=O)(c1ccccc1)c1ccc2c(c1)OCC1C2CCN1Cc1ccccc1. The Bertz CT molecular complexity index is 1110. The predicted molar refractivity (Wildman–Crippen MR) is 112 cm³/mol. The molecule has 3 aromatic carbocycles. The molecule has 2 aliphatic heterocycles. The maximum absolute atomic E-state index is 12.9. The average Bonchev–Trinajstić information content (AvgIpc) is 3.18. The summed E-state index contributed by atoms with van der Waals surface area (Å²) in [6.07, 6.45) is 1.07. The van der Waals surface area contributed by atoms with E-state index >= 15 is 0 Å². The molecule has 148 valence electrons. The summed E-state index contributed by atoms with van der Waals surface area (Å²) in [4.78, 5) is 3.08. The molecule has 29 heavy (non-hydrogen) atoms. The molecule has 2 heterocycles. The summed E-state index contributed by atoms with van der Waals surface area (Å²) < 4.78 is 31.9. The minimum atomic E-state index is -3.54. The Hall–Kier alpha value is -2.63. The molecule has 3 aromatic rings. The van der Waals surface area contributed by atoms with Crippen LogP contribution < -0.4 is 4.74 Å². The van der Waals surface area contributed by atoms with Crippen LogP contribution in [0.5, 0.6) is 5.75 Å². The maximum Gasteiger partial charge on any atom is 0.206 e. The van der Waals surface area contributed by atoms with Gasteiger partial charge in [0.05, 0.1) is 15.8 Å². The van der Waals surface area contributed by atoms with E-state index in [1.807, 2.05) is 18.2 Å². The predicted octanol–water partition coefficient (Wildman–Crippen LogP) is 4.27. The lowest BCUT2D eigenvalue weighted by Gasteiger charge is -2.33. The largest absolute Gasteiger partial charge is 0.492 e. The van der Waals surface area contributed by atoms with Crippen LogP contribution in [0.1, 0.15) is 23.5 Å². The zero-order chi connectivity index (χ0) is 19.8. The van der Waals surface area contributed by atoms with Crippen molar-refractivity contribution in [3.63, 3.8) is 0 Å². The molecule has 4 nitrogen and oxygen atoms in total. The lowest BCUT2D eigenvalue weighted by atomic mass is 9.89. The highest BCUT2D eigenvalue weighted by Crippen LogP contribution is 2.43. The molecule has 0 amide bonds. The molecular weight excluding hydrogens is 382 g/mol. The Morgan fingerprint density at radius 2 is 1.62 bits per heavy atom. The minimum Gasteiger partial charge on any atom is -0.492 e. The monoisotopic (exact) mass is 405 g/mol. The second-order valence-corrected chi connectivity index (χ2v) is 9.70. The van der Waals surface area contributed by atoms with E-state index in [2.05, 4.69) is 29.2 Å². The number of nitrogens with zero attached hydrogens (tertiary/aromatic N) is 1. The summed E-state index contributed by atoms with van der Waals surface area (Å²) in [5.74, 6) is 1.10. The third-order valence-corrected chi connectivity index (χ3v) is 7.81. The van der Waals surface area contributed by atoms with Crippen LogP contribution in [0, 0.1) is 0 Å². The number of rotatable bonds is 4. The molecule has 0 spiro atoms. The van der Waals surface area contributed by atoms with E-state index < -0.39 is 9.84 Å². The molecule has 5 heteroatoms. The van der Waals surface area contributed by atoms with Crippen molar-refractivity contribution in [2.24, 2.45) is 0 Å². The molecule has 1 saturated heterocycles. The fraction of sp³-hybridized carbons (Fsp3) is 0.250. The van der Waals surface area contributed by atoms with Crippen molar-refractivity contribution in [2.75, 3.05) is 13.2 Å². The molecular formula is C24H23NO3S. The van der Waals surface area contributed by atoms with Gasteiger partial charge in [-0.05, 0) is 48.4 Å². The van der Waals surface area contributed by atoms with E-state index in [1.165, 1.54) is 5.56 Å². The topological polar surface area (TPSA) is 46.6 Å². The zero-order valence-electron chi connectivity index (χ0n) is 16.1. The highest BCUT2D eigenvalue weighted by molar-refractivity contribution is 7.91. The summed E-state index contributed by atoms with van der Waals surface area (Å²) in [6.45, 7) is 2.54. The lowest BCUT2D eigenvalue weighted by molar-refractivity contribution is 0.141. The fourth-order valence-corrected chi connectivity index (χ4v) is 5.84. The molecule has 0 aromatic heterocycles. The van der Waals surface area contributed by atoms with Crippen molar-refractivity contribution in [1.82, 2.24) is 4.90 Å². The standard InChI is InChI=1S/C24H23NO3S/c26-29(27,19-9-5-2-6-10-19)20-11-12-22-21-13-14-25(16-18-7-3-1-4-8-18)23(21)17-28-24(22)15-20/h1-12,15,21,23H,13-14,16-17H2. The van der Waals surface area contributed by atoms with E-state index in [0.717, 1.165) is 25.1 Å². The Labute approximate surface area is 171 Å². The van der Waals surface area contributed by atoms with Crippen LogP contribution in [0.3, 0.4) is 0 Å². The number of fused-ring (bicyclic) bond motifs is 3. The molecule has 0 bridgehead atoms. The molecule has 1 fully saturated rings. The van der Waals surface area contributed by atoms with Crippen LogP contribution >= 0.6 is 0 Å². The first-order valence-corrected chi connectivity index (χ1v) is 11.5. The Balaban J connectivity index is 1.41. The normalized spacial score (nSPS) is 21.2. The van der Waals surface area contributed by atoms with Gasteiger partial charge in [0.1, 0.15) is 12.4 Å². The maximum atomic E-state index is 12.9. The quantitative estimate of drug-likeness (QED) is 0.650. The van der Waals surface area contributed by atoms with Gasteiger partial charge < -0.3 is 4.74 Å². The fourth-order valence-electron chi connectivity index (χ4n) is 4.54. The number of benzene rings is 3. The molecule has 2 atom stereocenters. The van der Waals surface area contributed by atoms with Crippen LogP contribution in [0.2, 0.25) is 0 Å². The van der Waals surface area contributed by atoms with E-state index in [-0.39, 0.29) is 0 Å². The summed E-state index contributed by atoms with van der Waals surface area (Å²) in [5, 5.41) is 0. The zero-order valence-corrected chi connectivity index (χ0v) is 16.9. The summed E-state index contributed by atoms with van der Waals surface area (Å²) in [7, 11) is -3.54. The first-order chi connectivity index (χ1) is 14.1. The van der Waals surface area contributed by atoms with Crippen molar-refractivity contribution in [2.45, 2.75) is 34.7 Å². The second-order valence-electron chi connectivity index (χ2n) is 7.75. The van der Waals surface area contributed by atoms with Crippen LogP contribution in [0.25, 0.3) is 0 Å². The molecule has 5 rings (SSSR count). The smallest absolute Gasteiger partial charge is 0.206 e. The first-order valence-electron chi connectivity index (χ1n) is 9.98. The molecule has 0 N–H and O–H groups in total. The van der Waals surface area contributed by atoms with Crippen LogP contribution in [0.4, 0.5) is 0 Å². The van der Waals surface area contributed by atoms with Crippen molar-refractivity contribution in [3.8, 4) is 5.75 Å². The van der Waals surface area contributed by atoms with Gasteiger partial charge in [-0.25, -0.2) is 8.42 Å². The van der Waals surface area contributed by atoms with Crippen molar-refractivity contribution < 1.29 is 13.2 Å². The molecule has 2 unspecified atom stereocenters. The van der Waals surface area contributed by atoms with Gasteiger partial charge in [-0.2, -0.15) is 0 Å². The van der Waals surface area contributed by atoms with Crippen molar-refractivity contribution in [3.05, 3.63) is 90.0 Å². The van der Waals surface area contributed by atoms with E-state index in [1.54, 1.807) is 36.4 Å². The van der Waals surface area contributed by atoms with Crippen LogP contribution in [0.15, 0.2) is 88.7 Å². The number of likely N-dealkylation sites (tertiary alicyclic amines) is 1. The Morgan fingerprint density at radius 1 is 0.897 bits per heavy atom. The molecule has 0 radical (unpaired) electrons. The molecule has 0 aliphatic carbocycles. The van der Waals surface area contributed by atoms with E-state index in [9.17, 15) is 8.42 Å². The number of hydrogen-bond donors (Lipinski definition) is 0. The Morgan fingerprint density at radius 3 is 2.38 bits per heavy atom. The molecule has 0 saturated carbocycles. The van der Waals surface area contributed by atoms with Gasteiger partial charge in [0.2, 0.25) is 9.84 Å². The molecule has 2 aliphatic rings. The minimum absolute atomic E-state index is 0.292. The summed E-state index contributed by atoms with van der Waals surface area (Å²) >= 11 is 0. The Kier molecular flexibility index (Phi) is 4.64. The van der Waals surface area contributed by atoms with Gasteiger partial charge >= 0.3 is 0 Å². The number of ether oxygens (including phenoxy) is 1. The number of sulfone groups is 1. The van der Waals surface area contributed by atoms with Crippen molar-refractivity contribution >= 4 is 9.84 Å².